The molecular weight excluding hydrogens is 300 g/mol. The maximum atomic E-state index is 11.7. The van der Waals surface area contributed by atoms with Crippen LogP contribution in [0.5, 0.6) is 0 Å². The minimum Gasteiger partial charge on any atom is -0.481 e. The minimum absolute atomic E-state index is 0.0716. The Bertz CT molecular complexity index is 650. The Morgan fingerprint density at radius 2 is 2.00 bits per heavy atom. The molecular formula is C16H18N2O3S. The van der Waals surface area contributed by atoms with E-state index in [1.165, 1.54) is 16.9 Å². The number of hydrogen-bond donors (Lipinski definition) is 2. The van der Waals surface area contributed by atoms with Crippen molar-refractivity contribution in [1.29, 1.82) is 0 Å². The molecule has 1 heterocycles. The first-order valence-corrected chi connectivity index (χ1v) is 7.98. The Labute approximate surface area is 133 Å². The fourth-order valence-corrected chi connectivity index (χ4v) is 2.77. The van der Waals surface area contributed by atoms with Gasteiger partial charge in [-0.25, -0.2) is 4.98 Å². The van der Waals surface area contributed by atoms with Crippen molar-refractivity contribution in [3.8, 4) is 10.6 Å². The van der Waals surface area contributed by atoms with Crippen LogP contribution in [0.4, 0.5) is 0 Å². The summed E-state index contributed by atoms with van der Waals surface area (Å²) in [5, 5.41) is 13.8. The van der Waals surface area contributed by atoms with Crippen molar-refractivity contribution in [2.24, 2.45) is 0 Å². The number of aryl methyl sites for hydroxylation is 1. The van der Waals surface area contributed by atoms with E-state index in [-0.39, 0.29) is 25.3 Å². The van der Waals surface area contributed by atoms with Crippen LogP contribution in [0.15, 0.2) is 29.6 Å². The average Bonchev–Trinajstić information content (AvgIpc) is 2.95. The van der Waals surface area contributed by atoms with Gasteiger partial charge in [0.1, 0.15) is 5.01 Å². The van der Waals surface area contributed by atoms with E-state index in [0.717, 1.165) is 17.0 Å². The third-order valence-corrected chi connectivity index (χ3v) is 4.10. The van der Waals surface area contributed by atoms with E-state index in [0.29, 0.717) is 5.69 Å². The molecule has 2 N–H and O–H groups in total. The van der Waals surface area contributed by atoms with Gasteiger partial charge in [-0.05, 0) is 12.0 Å². The Hall–Kier alpha value is -2.21. The van der Waals surface area contributed by atoms with E-state index in [4.69, 9.17) is 5.11 Å². The third kappa shape index (κ3) is 4.66. The quantitative estimate of drug-likeness (QED) is 0.822. The van der Waals surface area contributed by atoms with Gasteiger partial charge in [-0.15, -0.1) is 11.3 Å². The Balaban J connectivity index is 1.93. The molecule has 0 unspecified atom stereocenters. The van der Waals surface area contributed by atoms with Gasteiger partial charge < -0.3 is 10.4 Å². The summed E-state index contributed by atoms with van der Waals surface area (Å²) in [5.41, 5.74) is 3.02. The maximum Gasteiger partial charge on any atom is 0.305 e. The van der Waals surface area contributed by atoms with Crippen molar-refractivity contribution in [2.75, 3.05) is 6.54 Å². The standard InChI is InChI=1S/C16H18N2O3S/c1-2-11-3-5-12(6-4-11)16-18-13(10-22-16)9-14(19)17-8-7-15(20)21/h3-6,10H,2,7-9H2,1H3,(H,17,19)(H,20,21). The van der Waals surface area contributed by atoms with Gasteiger partial charge in [0.15, 0.2) is 0 Å². The predicted molar refractivity (Wildman–Crippen MR) is 85.9 cm³/mol. The van der Waals surface area contributed by atoms with E-state index in [2.05, 4.69) is 29.4 Å². The fourth-order valence-electron chi connectivity index (χ4n) is 1.94. The number of carbonyl (C=O) groups excluding carboxylic acids is 1. The lowest BCUT2D eigenvalue weighted by Gasteiger charge is -2.01. The molecule has 2 rings (SSSR count). The zero-order valence-corrected chi connectivity index (χ0v) is 13.2. The largest absolute Gasteiger partial charge is 0.481 e. The number of nitrogens with one attached hydrogen (secondary N) is 1. The topological polar surface area (TPSA) is 79.3 Å². The average molecular weight is 318 g/mol. The van der Waals surface area contributed by atoms with Gasteiger partial charge in [0.25, 0.3) is 0 Å². The number of benzene rings is 1. The molecule has 0 fully saturated rings. The number of carbonyl (C=O) groups is 2. The summed E-state index contributed by atoms with van der Waals surface area (Å²) in [4.78, 5) is 26.5. The summed E-state index contributed by atoms with van der Waals surface area (Å²) in [7, 11) is 0. The molecule has 0 saturated carbocycles. The molecule has 22 heavy (non-hydrogen) atoms. The molecule has 5 nitrogen and oxygen atoms in total. The van der Waals surface area contributed by atoms with Crippen molar-refractivity contribution < 1.29 is 14.7 Å². The summed E-state index contributed by atoms with van der Waals surface area (Å²) >= 11 is 1.50. The molecule has 0 radical (unpaired) electrons. The van der Waals surface area contributed by atoms with Crippen LogP contribution in [0.25, 0.3) is 10.6 Å². The molecule has 1 amide bonds. The highest BCUT2D eigenvalue weighted by molar-refractivity contribution is 7.13. The lowest BCUT2D eigenvalue weighted by atomic mass is 10.1. The lowest BCUT2D eigenvalue weighted by molar-refractivity contribution is -0.136. The number of rotatable bonds is 7. The zero-order chi connectivity index (χ0) is 15.9. The Kier molecular flexibility index (Phi) is 5.66. The molecule has 116 valence electrons. The normalized spacial score (nSPS) is 10.4. The number of nitrogens with zero attached hydrogens (tertiary/aromatic N) is 1. The molecule has 1 aromatic carbocycles. The van der Waals surface area contributed by atoms with Crippen molar-refractivity contribution in [1.82, 2.24) is 10.3 Å². The van der Waals surface area contributed by atoms with Crippen LogP contribution >= 0.6 is 11.3 Å². The van der Waals surface area contributed by atoms with Gasteiger partial charge >= 0.3 is 5.97 Å². The number of carboxylic acids is 1. The molecule has 1 aromatic heterocycles. The SMILES string of the molecule is CCc1ccc(-c2nc(CC(=O)NCCC(=O)O)cs2)cc1. The van der Waals surface area contributed by atoms with Crippen LogP contribution in [0, 0.1) is 0 Å². The van der Waals surface area contributed by atoms with Crippen LogP contribution in [-0.4, -0.2) is 28.5 Å². The monoisotopic (exact) mass is 318 g/mol. The first-order valence-electron chi connectivity index (χ1n) is 7.10. The number of thiazole rings is 1. The van der Waals surface area contributed by atoms with Gasteiger partial charge in [0.2, 0.25) is 5.91 Å². The fraction of sp³-hybridized carbons (Fsp3) is 0.312. The molecule has 0 aliphatic rings. The highest BCUT2D eigenvalue weighted by Crippen LogP contribution is 2.24. The molecule has 2 aromatic rings. The molecule has 0 atom stereocenters. The van der Waals surface area contributed by atoms with Gasteiger partial charge in [0.05, 0.1) is 18.5 Å². The lowest BCUT2D eigenvalue weighted by Crippen LogP contribution is -2.27. The van der Waals surface area contributed by atoms with Crippen LogP contribution in [0.1, 0.15) is 24.6 Å². The summed E-state index contributed by atoms with van der Waals surface area (Å²) in [6.07, 6.45) is 1.10. The molecule has 0 spiro atoms. The molecule has 0 aliphatic carbocycles. The molecule has 6 heteroatoms. The maximum absolute atomic E-state index is 11.7. The summed E-state index contributed by atoms with van der Waals surface area (Å²) in [6.45, 7) is 2.25. The van der Waals surface area contributed by atoms with E-state index in [1.807, 2.05) is 17.5 Å². The highest BCUT2D eigenvalue weighted by atomic mass is 32.1. The smallest absolute Gasteiger partial charge is 0.305 e. The van der Waals surface area contributed by atoms with Crippen molar-refractivity contribution in [3.05, 3.63) is 40.9 Å². The predicted octanol–water partition coefficient (Wildman–Crippen LogP) is 2.51. The number of hydrogen-bond acceptors (Lipinski definition) is 4. The van der Waals surface area contributed by atoms with Crippen molar-refractivity contribution in [3.63, 3.8) is 0 Å². The Morgan fingerprint density at radius 3 is 2.64 bits per heavy atom. The number of carboxylic acid groups (broad SMARTS) is 1. The second kappa shape index (κ2) is 7.70. The highest BCUT2D eigenvalue weighted by Gasteiger charge is 2.09. The van der Waals surface area contributed by atoms with Gasteiger partial charge in [-0.3, -0.25) is 9.59 Å². The van der Waals surface area contributed by atoms with Gasteiger partial charge in [-0.1, -0.05) is 31.2 Å². The number of aliphatic carboxylic acids is 1. The van der Waals surface area contributed by atoms with E-state index >= 15 is 0 Å². The molecule has 0 aliphatic heterocycles. The summed E-state index contributed by atoms with van der Waals surface area (Å²) in [5.74, 6) is -1.13. The van der Waals surface area contributed by atoms with E-state index in [9.17, 15) is 9.59 Å². The van der Waals surface area contributed by atoms with Crippen LogP contribution in [0.3, 0.4) is 0 Å². The summed E-state index contributed by atoms with van der Waals surface area (Å²) < 4.78 is 0. The third-order valence-electron chi connectivity index (χ3n) is 3.16. The molecule has 0 bridgehead atoms. The summed E-state index contributed by atoms with van der Waals surface area (Å²) in [6, 6.07) is 8.23. The minimum atomic E-state index is -0.924. The van der Waals surface area contributed by atoms with E-state index < -0.39 is 5.97 Å². The van der Waals surface area contributed by atoms with Crippen LogP contribution < -0.4 is 5.32 Å². The number of aromatic nitrogens is 1. The zero-order valence-electron chi connectivity index (χ0n) is 12.3. The van der Waals surface area contributed by atoms with Gasteiger partial charge in [0, 0.05) is 17.5 Å². The van der Waals surface area contributed by atoms with Crippen molar-refractivity contribution >= 4 is 23.2 Å². The number of amides is 1. The van der Waals surface area contributed by atoms with Crippen LogP contribution in [-0.2, 0) is 22.4 Å². The van der Waals surface area contributed by atoms with Gasteiger partial charge in [-0.2, -0.15) is 0 Å². The van der Waals surface area contributed by atoms with Crippen molar-refractivity contribution in [2.45, 2.75) is 26.2 Å². The second-order valence-corrected chi connectivity index (χ2v) is 5.72. The Morgan fingerprint density at radius 1 is 1.27 bits per heavy atom. The van der Waals surface area contributed by atoms with E-state index in [1.54, 1.807) is 0 Å². The first-order chi connectivity index (χ1) is 10.6. The molecule has 0 saturated heterocycles. The first kappa shape index (κ1) is 16.2. The second-order valence-electron chi connectivity index (χ2n) is 4.86. The van der Waals surface area contributed by atoms with Crippen LogP contribution in [0.2, 0.25) is 0 Å².